The van der Waals surface area contributed by atoms with Crippen LogP contribution in [0, 0.1) is 0 Å². The summed E-state index contributed by atoms with van der Waals surface area (Å²) >= 11 is 0. The van der Waals surface area contributed by atoms with Crippen LogP contribution in [0.3, 0.4) is 0 Å². The molecule has 1 aromatic rings. The van der Waals surface area contributed by atoms with E-state index in [4.69, 9.17) is 4.42 Å². The molecule has 1 aromatic heterocycles. The van der Waals surface area contributed by atoms with Gasteiger partial charge >= 0.3 is 0 Å². The third-order valence-electron chi connectivity index (χ3n) is 0.871. The van der Waals surface area contributed by atoms with Gasteiger partial charge in [-0.3, -0.25) is 0 Å². The smallest absolute Gasteiger partial charge is 0.218 e. The van der Waals surface area contributed by atoms with E-state index in [0.717, 1.165) is 0 Å². The summed E-state index contributed by atoms with van der Waals surface area (Å²) in [7, 11) is 0. The lowest BCUT2D eigenvalue weighted by molar-refractivity contribution is 0.470. The largest absolute Gasteiger partial charge is 0.428 e. The number of hydrogen-bond acceptors (Lipinski definition) is 3. The first-order chi connectivity index (χ1) is 4.80. The van der Waals surface area contributed by atoms with Crippen molar-refractivity contribution < 1.29 is 4.42 Å². The standard InChI is InChI=1S/C5H8N2O.C2H6/c1-4(2)5-7-6-3-8-5;1-2/h3-4H,1-2H3;1-2H3. The van der Waals surface area contributed by atoms with Crippen molar-refractivity contribution >= 4 is 0 Å². The van der Waals surface area contributed by atoms with Crippen LogP contribution in [0.1, 0.15) is 39.5 Å². The van der Waals surface area contributed by atoms with Crippen LogP contribution >= 0.6 is 0 Å². The molecule has 0 fully saturated rings. The average Bonchev–Trinajstić information content (AvgIpc) is 2.42. The number of aromatic nitrogens is 2. The normalized spacial score (nSPS) is 8.90. The molecule has 0 N–H and O–H groups in total. The van der Waals surface area contributed by atoms with Gasteiger partial charge in [-0.2, -0.15) is 0 Å². The van der Waals surface area contributed by atoms with Crippen molar-refractivity contribution in [1.82, 2.24) is 10.2 Å². The zero-order chi connectivity index (χ0) is 7.98. The first-order valence-electron chi connectivity index (χ1n) is 3.57. The molecule has 0 saturated carbocycles. The maximum absolute atomic E-state index is 4.87. The molecule has 3 heteroatoms. The number of nitrogens with zero attached hydrogens (tertiary/aromatic N) is 2. The Morgan fingerprint density at radius 1 is 1.40 bits per heavy atom. The minimum atomic E-state index is 0.345. The highest BCUT2D eigenvalue weighted by Gasteiger charge is 2.01. The molecule has 0 unspecified atom stereocenters. The summed E-state index contributed by atoms with van der Waals surface area (Å²) in [6.07, 6.45) is 1.34. The van der Waals surface area contributed by atoms with Crippen LogP contribution in [0.4, 0.5) is 0 Å². The molecule has 0 aliphatic heterocycles. The maximum atomic E-state index is 4.87. The average molecular weight is 142 g/mol. The van der Waals surface area contributed by atoms with Gasteiger partial charge in [0.05, 0.1) is 0 Å². The second kappa shape index (κ2) is 4.97. The van der Waals surface area contributed by atoms with Crippen molar-refractivity contribution in [2.75, 3.05) is 0 Å². The minimum absolute atomic E-state index is 0.345. The summed E-state index contributed by atoms with van der Waals surface area (Å²) in [5.41, 5.74) is 0. The molecule has 3 nitrogen and oxygen atoms in total. The molecule has 0 saturated heterocycles. The Balaban J connectivity index is 0.000000371. The van der Waals surface area contributed by atoms with E-state index in [1.165, 1.54) is 6.39 Å². The van der Waals surface area contributed by atoms with Gasteiger partial charge in [0.2, 0.25) is 12.3 Å². The van der Waals surface area contributed by atoms with E-state index in [2.05, 4.69) is 10.2 Å². The van der Waals surface area contributed by atoms with Crippen molar-refractivity contribution in [2.24, 2.45) is 0 Å². The fraction of sp³-hybridized carbons (Fsp3) is 0.714. The molecule has 1 rings (SSSR count). The van der Waals surface area contributed by atoms with Gasteiger partial charge in [0.25, 0.3) is 0 Å². The van der Waals surface area contributed by atoms with Gasteiger partial charge in [-0.25, -0.2) is 0 Å². The van der Waals surface area contributed by atoms with Gasteiger partial charge in [0.1, 0.15) is 0 Å². The summed E-state index contributed by atoms with van der Waals surface area (Å²) in [4.78, 5) is 0. The van der Waals surface area contributed by atoms with Gasteiger partial charge in [-0.1, -0.05) is 27.7 Å². The van der Waals surface area contributed by atoms with Gasteiger partial charge in [0.15, 0.2) is 0 Å². The summed E-state index contributed by atoms with van der Waals surface area (Å²) in [5, 5.41) is 7.23. The predicted octanol–water partition coefficient (Wildman–Crippen LogP) is 2.22. The Morgan fingerprint density at radius 2 is 2.00 bits per heavy atom. The van der Waals surface area contributed by atoms with Crippen molar-refractivity contribution in [2.45, 2.75) is 33.6 Å². The van der Waals surface area contributed by atoms with E-state index < -0.39 is 0 Å². The Kier molecular flexibility index (Phi) is 4.54. The molecular formula is C7H14N2O. The number of hydrogen-bond donors (Lipinski definition) is 0. The molecule has 1 heterocycles. The summed E-state index contributed by atoms with van der Waals surface area (Å²) in [5.74, 6) is 1.04. The van der Waals surface area contributed by atoms with E-state index in [1.807, 2.05) is 27.7 Å². The highest BCUT2D eigenvalue weighted by atomic mass is 16.4. The molecule has 58 valence electrons. The van der Waals surface area contributed by atoms with Crippen molar-refractivity contribution in [3.63, 3.8) is 0 Å². The first kappa shape index (κ1) is 9.14. The van der Waals surface area contributed by atoms with Gasteiger partial charge in [-0.05, 0) is 0 Å². The molecule has 0 bridgehead atoms. The molecule has 0 spiro atoms. The van der Waals surface area contributed by atoms with E-state index in [0.29, 0.717) is 11.8 Å². The minimum Gasteiger partial charge on any atom is -0.428 e. The van der Waals surface area contributed by atoms with Crippen LogP contribution < -0.4 is 0 Å². The monoisotopic (exact) mass is 142 g/mol. The van der Waals surface area contributed by atoms with E-state index in [9.17, 15) is 0 Å². The fourth-order valence-electron chi connectivity index (χ4n) is 0.433. The molecule has 10 heavy (non-hydrogen) atoms. The first-order valence-corrected chi connectivity index (χ1v) is 3.57. The SMILES string of the molecule is CC.CC(C)c1nnco1. The van der Waals surface area contributed by atoms with Crippen molar-refractivity contribution in [3.05, 3.63) is 12.3 Å². The van der Waals surface area contributed by atoms with Crippen molar-refractivity contribution in [1.29, 1.82) is 0 Å². The van der Waals surface area contributed by atoms with Gasteiger partial charge in [0, 0.05) is 5.92 Å². The van der Waals surface area contributed by atoms with Crippen LogP contribution in [0.5, 0.6) is 0 Å². The van der Waals surface area contributed by atoms with Crippen LogP contribution in [0.2, 0.25) is 0 Å². The topological polar surface area (TPSA) is 38.9 Å². The number of rotatable bonds is 1. The molecule has 0 aromatic carbocycles. The molecule has 0 aliphatic carbocycles. The second-order valence-electron chi connectivity index (χ2n) is 1.93. The van der Waals surface area contributed by atoms with Crippen LogP contribution in [0.15, 0.2) is 10.8 Å². The molecular weight excluding hydrogens is 128 g/mol. The van der Waals surface area contributed by atoms with E-state index >= 15 is 0 Å². The van der Waals surface area contributed by atoms with E-state index in [-0.39, 0.29) is 0 Å². The molecule has 0 aliphatic rings. The lowest BCUT2D eigenvalue weighted by atomic mass is 10.2. The Labute approximate surface area is 61.5 Å². The molecule has 0 radical (unpaired) electrons. The van der Waals surface area contributed by atoms with Crippen LogP contribution in [-0.2, 0) is 0 Å². The Bertz CT molecular complexity index is 147. The quantitative estimate of drug-likeness (QED) is 0.603. The fourth-order valence-corrected chi connectivity index (χ4v) is 0.433. The third-order valence-corrected chi connectivity index (χ3v) is 0.871. The summed E-state index contributed by atoms with van der Waals surface area (Å²) in [6.45, 7) is 8.01. The Hall–Kier alpha value is -0.860. The summed E-state index contributed by atoms with van der Waals surface area (Å²) in [6, 6.07) is 0. The summed E-state index contributed by atoms with van der Waals surface area (Å²) < 4.78 is 4.87. The zero-order valence-electron chi connectivity index (χ0n) is 6.96. The predicted molar refractivity (Wildman–Crippen MR) is 39.7 cm³/mol. The lowest BCUT2D eigenvalue weighted by Gasteiger charge is -1.91. The maximum Gasteiger partial charge on any atom is 0.218 e. The van der Waals surface area contributed by atoms with Gasteiger partial charge in [-0.15, -0.1) is 10.2 Å². The van der Waals surface area contributed by atoms with Crippen molar-refractivity contribution in [3.8, 4) is 0 Å². The van der Waals surface area contributed by atoms with E-state index in [1.54, 1.807) is 0 Å². The Morgan fingerprint density at radius 3 is 2.20 bits per heavy atom. The lowest BCUT2D eigenvalue weighted by Crippen LogP contribution is -1.85. The molecule has 0 atom stereocenters. The highest BCUT2D eigenvalue weighted by Crippen LogP contribution is 2.07. The molecule has 0 amide bonds. The van der Waals surface area contributed by atoms with Gasteiger partial charge < -0.3 is 4.42 Å². The third kappa shape index (κ3) is 2.62. The second-order valence-corrected chi connectivity index (χ2v) is 1.93. The zero-order valence-corrected chi connectivity index (χ0v) is 6.96. The van der Waals surface area contributed by atoms with Crippen LogP contribution in [0.25, 0.3) is 0 Å². The van der Waals surface area contributed by atoms with Crippen LogP contribution in [-0.4, -0.2) is 10.2 Å². The highest BCUT2D eigenvalue weighted by molar-refractivity contribution is 4.80.